The van der Waals surface area contributed by atoms with Gasteiger partial charge in [0.15, 0.2) is 5.54 Å². The number of hydrogen-bond donors (Lipinski definition) is 1. The molecule has 0 amide bonds. The van der Waals surface area contributed by atoms with E-state index in [2.05, 4.69) is 4.72 Å². The number of ether oxygens (including phenoxy) is 1. The number of sulfone groups is 1. The number of benzene rings is 1. The van der Waals surface area contributed by atoms with E-state index in [1.807, 2.05) is 0 Å². The highest BCUT2D eigenvalue weighted by molar-refractivity contribution is 7.93. The second-order valence-electron chi connectivity index (χ2n) is 6.70. The summed E-state index contributed by atoms with van der Waals surface area (Å²) in [6.07, 6.45) is -0.256. The average Bonchev–Trinajstić information content (AvgIpc) is 2.97. The Kier molecular flexibility index (Phi) is 5.33. The summed E-state index contributed by atoms with van der Waals surface area (Å²) in [6, 6.07) is 6.53. The molecule has 1 aromatic rings. The van der Waals surface area contributed by atoms with Crippen LogP contribution in [0.15, 0.2) is 35.2 Å². The topological polar surface area (TPSA) is 78.5 Å². The van der Waals surface area contributed by atoms with Crippen LogP contribution >= 0.6 is 0 Å². The van der Waals surface area contributed by atoms with Crippen molar-refractivity contribution in [2.45, 2.75) is 47.6 Å². The lowest BCUT2D eigenvalue weighted by atomic mass is 10.0. The molecule has 0 bridgehead atoms. The molecule has 2 rings (SSSR count). The lowest BCUT2D eigenvalue weighted by Gasteiger charge is -2.38. The Morgan fingerprint density at radius 3 is 2.29 bits per heavy atom. The van der Waals surface area contributed by atoms with Crippen LogP contribution in [0.3, 0.4) is 0 Å². The van der Waals surface area contributed by atoms with Crippen molar-refractivity contribution in [3.8, 4) is 0 Å². The molecule has 0 saturated carbocycles. The maximum atomic E-state index is 15.1. The third kappa shape index (κ3) is 3.32. The van der Waals surface area contributed by atoms with Crippen LogP contribution in [0.1, 0.15) is 27.2 Å². The summed E-state index contributed by atoms with van der Waals surface area (Å²) in [5.41, 5.74) is -2.24. The second kappa shape index (κ2) is 6.53. The number of halogens is 2. The van der Waals surface area contributed by atoms with Gasteiger partial charge in [-0.05, 0) is 32.9 Å². The molecule has 1 aromatic carbocycles. The van der Waals surface area contributed by atoms with Gasteiger partial charge in [-0.3, -0.25) is 0 Å². The average molecular weight is 381 g/mol. The van der Waals surface area contributed by atoms with E-state index in [9.17, 15) is 13.0 Å². The highest BCUT2D eigenvalue weighted by Gasteiger charge is 2.67. The minimum absolute atomic E-state index is 0.0335. The zero-order chi connectivity index (χ0) is 18.2. The largest absolute Gasteiger partial charge is 0.598 e. The first kappa shape index (κ1) is 19.6. The van der Waals surface area contributed by atoms with Gasteiger partial charge in [-0.25, -0.2) is 8.42 Å². The fourth-order valence-corrected chi connectivity index (χ4v) is 4.82. The minimum Gasteiger partial charge on any atom is -0.598 e. The number of alkyl halides is 2. The highest BCUT2D eigenvalue weighted by atomic mass is 32.2. The van der Waals surface area contributed by atoms with E-state index in [1.165, 1.54) is 12.1 Å². The Labute approximate surface area is 144 Å². The molecule has 1 saturated heterocycles. The lowest BCUT2D eigenvalue weighted by Crippen LogP contribution is -2.65. The number of hydrogen-bond acceptors (Lipinski definition) is 5. The molecule has 2 atom stereocenters. The zero-order valence-corrected chi connectivity index (χ0v) is 15.3. The molecule has 24 heavy (non-hydrogen) atoms. The van der Waals surface area contributed by atoms with Crippen molar-refractivity contribution in [1.82, 2.24) is 4.72 Å². The van der Waals surface area contributed by atoms with Crippen LogP contribution in [-0.2, 0) is 25.9 Å². The fourth-order valence-electron chi connectivity index (χ4n) is 2.27. The Bertz CT molecular complexity index is 668. The normalized spacial score (nSPS) is 24.1. The van der Waals surface area contributed by atoms with E-state index in [1.54, 1.807) is 26.8 Å². The molecule has 1 aliphatic heterocycles. The van der Waals surface area contributed by atoms with Crippen molar-refractivity contribution in [2.75, 3.05) is 13.2 Å². The summed E-state index contributed by atoms with van der Waals surface area (Å²) in [6.45, 7) is 4.28. The van der Waals surface area contributed by atoms with Gasteiger partial charge < -0.3 is 9.29 Å². The molecular formula is C15H21F2NO4S2. The van der Waals surface area contributed by atoms with Gasteiger partial charge in [-0.1, -0.05) is 18.2 Å². The lowest BCUT2D eigenvalue weighted by molar-refractivity contribution is -0.00834. The van der Waals surface area contributed by atoms with Gasteiger partial charge >= 0.3 is 5.25 Å². The van der Waals surface area contributed by atoms with Gasteiger partial charge in [0.25, 0.3) is 0 Å². The monoisotopic (exact) mass is 381 g/mol. The van der Waals surface area contributed by atoms with Gasteiger partial charge in [0.05, 0.1) is 11.5 Å². The second-order valence-corrected chi connectivity index (χ2v) is 10.7. The molecule has 5 nitrogen and oxygen atoms in total. The molecule has 0 radical (unpaired) electrons. The van der Waals surface area contributed by atoms with Crippen molar-refractivity contribution in [1.29, 1.82) is 0 Å². The van der Waals surface area contributed by atoms with Gasteiger partial charge in [0, 0.05) is 24.4 Å². The third-order valence-corrected chi connectivity index (χ3v) is 7.46. The van der Waals surface area contributed by atoms with Crippen LogP contribution in [-0.4, -0.2) is 41.7 Å². The Balaban J connectivity index is 2.46. The predicted molar refractivity (Wildman–Crippen MR) is 87.8 cm³/mol. The molecule has 1 aliphatic rings. The molecule has 9 heteroatoms. The van der Waals surface area contributed by atoms with Crippen LogP contribution in [0.25, 0.3) is 0 Å². The summed E-state index contributed by atoms with van der Waals surface area (Å²) in [4.78, 5) is -0.482. The molecule has 1 fully saturated rings. The standard InChI is InChI=1S/C15H21F2NO4S2/c1-13(2,3)23(19)18-14(9-10-22-11-14)15(16,17)24(20,21)12-7-5-4-6-8-12/h4-8,18H,9-11H2,1-3H3. The molecule has 0 aliphatic carbocycles. The first-order valence-corrected chi connectivity index (χ1v) is 10.0. The Hall–Kier alpha value is -0.740. The van der Waals surface area contributed by atoms with Gasteiger partial charge in [-0.2, -0.15) is 8.78 Å². The van der Waals surface area contributed by atoms with Gasteiger partial charge in [0.1, 0.15) is 4.75 Å². The Morgan fingerprint density at radius 1 is 1.25 bits per heavy atom. The summed E-state index contributed by atoms with van der Waals surface area (Å²) in [5.74, 6) is 0. The van der Waals surface area contributed by atoms with Crippen molar-refractivity contribution < 1.29 is 26.5 Å². The molecular weight excluding hydrogens is 360 g/mol. The summed E-state index contributed by atoms with van der Waals surface area (Å²) in [7, 11) is -4.98. The van der Waals surface area contributed by atoms with Crippen molar-refractivity contribution in [3.05, 3.63) is 30.3 Å². The highest BCUT2D eigenvalue weighted by Crippen LogP contribution is 2.43. The zero-order valence-electron chi connectivity index (χ0n) is 13.7. The maximum absolute atomic E-state index is 15.1. The van der Waals surface area contributed by atoms with E-state index < -0.39 is 48.2 Å². The SMILES string of the molecule is CC(C)(C)[S+]([O-])NC1(C(F)(F)S(=O)(=O)c2ccccc2)CCOC1. The molecule has 0 aromatic heterocycles. The first-order valence-electron chi connectivity index (χ1n) is 7.39. The molecule has 136 valence electrons. The number of rotatable bonds is 5. The van der Waals surface area contributed by atoms with Crippen LogP contribution in [0.2, 0.25) is 0 Å². The third-order valence-electron chi connectivity index (χ3n) is 3.81. The maximum Gasteiger partial charge on any atom is 0.374 e. The summed E-state index contributed by atoms with van der Waals surface area (Å²) < 4.78 is 74.3. The smallest absolute Gasteiger partial charge is 0.374 e. The van der Waals surface area contributed by atoms with Crippen molar-refractivity contribution >= 4 is 21.2 Å². The summed E-state index contributed by atoms with van der Waals surface area (Å²) in [5, 5.41) is -4.18. The van der Waals surface area contributed by atoms with Gasteiger partial charge in [-0.15, -0.1) is 4.72 Å². The fraction of sp³-hybridized carbons (Fsp3) is 0.600. The van der Waals surface area contributed by atoms with Crippen LogP contribution < -0.4 is 4.72 Å². The van der Waals surface area contributed by atoms with E-state index in [0.29, 0.717) is 0 Å². The van der Waals surface area contributed by atoms with Crippen LogP contribution in [0.4, 0.5) is 8.78 Å². The van der Waals surface area contributed by atoms with Crippen molar-refractivity contribution in [2.24, 2.45) is 0 Å². The van der Waals surface area contributed by atoms with E-state index in [0.717, 1.165) is 12.1 Å². The quantitative estimate of drug-likeness (QED) is 0.792. The number of nitrogens with one attached hydrogen (secondary N) is 1. The minimum atomic E-state index is -4.98. The van der Waals surface area contributed by atoms with E-state index in [-0.39, 0.29) is 13.0 Å². The van der Waals surface area contributed by atoms with Gasteiger partial charge in [0.2, 0.25) is 9.84 Å². The predicted octanol–water partition coefficient (Wildman–Crippen LogP) is 2.26. The van der Waals surface area contributed by atoms with Crippen LogP contribution in [0, 0.1) is 0 Å². The van der Waals surface area contributed by atoms with E-state index in [4.69, 9.17) is 4.74 Å². The molecule has 2 unspecified atom stereocenters. The molecule has 0 spiro atoms. The van der Waals surface area contributed by atoms with Crippen molar-refractivity contribution in [3.63, 3.8) is 0 Å². The van der Waals surface area contributed by atoms with E-state index >= 15 is 8.78 Å². The Morgan fingerprint density at radius 2 is 1.83 bits per heavy atom. The molecule has 1 heterocycles. The summed E-state index contributed by atoms with van der Waals surface area (Å²) >= 11 is -1.88. The van der Waals surface area contributed by atoms with Crippen LogP contribution in [0.5, 0.6) is 0 Å². The molecule has 1 N–H and O–H groups in total. The first-order chi connectivity index (χ1) is 10.9.